The Balaban J connectivity index is 1.57. The molecule has 1 aliphatic carbocycles. The number of nitrogens with two attached hydrogens (primary N) is 2. The molecule has 0 bridgehead atoms. The number of nitrogens with one attached hydrogen (secondary N) is 2. The van der Waals surface area contributed by atoms with Gasteiger partial charge in [0.1, 0.15) is 5.82 Å². The van der Waals surface area contributed by atoms with Gasteiger partial charge in [0.15, 0.2) is 5.65 Å². The lowest BCUT2D eigenvalue weighted by molar-refractivity contribution is 0.100. The first-order chi connectivity index (χ1) is 13.1. The van der Waals surface area contributed by atoms with Crippen LogP contribution in [0.2, 0.25) is 0 Å². The highest BCUT2D eigenvalue weighted by Gasteiger charge is 2.19. The zero-order valence-corrected chi connectivity index (χ0v) is 14.9. The number of primary amides is 1. The lowest BCUT2D eigenvalue weighted by atomic mass is 9.92. The van der Waals surface area contributed by atoms with Crippen LogP contribution in [0.1, 0.15) is 36.0 Å². The van der Waals surface area contributed by atoms with Crippen LogP contribution in [0.25, 0.3) is 5.65 Å². The molecule has 2 heterocycles. The second-order valence-corrected chi connectivity index (χ2v) is 6.96. The summed E-state index contributed by atoms with van der Waals surface area (Å²) in [6.45, 7) is 0. The zero-order chi connectivity index (χ0) is 18.8. The molecule has 8 nitrogen and oxygen atoms in total. The van der Waals surface area contributed by atoms with Crippen molar-refractivity contribution < 1.29 is 4.79 Å². The number of hydrogen-bond acceptors (Lipinski definition) is 6. The third-order valence-electron chi connectivity index (χ3n) is 4.93. The summed E-state index contributed by atoms with van der Waals surface area (Å²) in [7, 11) is 0. The summed E-state index contributed by atoms with van der Waals surface area (Å²) in [5.74, 6) is 0.344. The van der Waals surface area contributed by atoms with E-state index in [-0.39, 0.29) is 0 Å². The number of aromatic nitrogens is 3. The second kappa shape index (κ2) is 7.24. The molecule has 2 aromatic heterocycles. The second-order valence-electron chi connectivity index (χ2n) is 6.96. The van der Waals surface area contributed by atoms with Gasteiger partial charge in [0, 0.05) is 41.8 Å². The van der Waals surface area contributed by atoms with Crippen molar-refractivity contribution in [3.63, 3.8) is 0 Å². The molecule has 0 unspecified atom stereocenters. The fourth-order valence-corrected chi connectivity index (χ4v) is 3.43. The number of anilines is 3. The average molecular weight is 365 g/mol. The Morgan fingerprint density at radius 2 is 1.89 bits per heavy atom. The van der Waals surface area contributed by atoms with E-state index < -0.39 is 5.91 Å². The Hall–Kier alpha value is -3.13. The summed E-state index contributed by atoms with van der Waals surface area (Å²) in [5.41, 5.74) is 14.2. The topological polar surface area (TPSA) is 123 Å². The van der Waals surface area contributed by atoms with Crippen molar-refractivity contribution in [3.05, 3.63) is 48.3 Å². The summed E-state index contributed by atoms with van der Waals surface area (Å²) in [5, 5.41) is 11.5. The summed E-state index contributed by atoms with van der Waals surface area (Å²) in [6.07, 6.45) is 7.68. The van der Waals surface area contributed by atoms with Crippen LogP contribution in [0, 0.1) is 0 Å². The molecule has 0 radical (unpaired) electrons. The normalized spacial score (nSPS) is 19.7. The highest BCUT2D eigenvalue weighted by Crippen LogP contribution is 2.26. The minimum atomic E-state index is -0.445. The van der Waals surface area contributed by atoms with E-state index in [0.717, 1.165) is 48.5 Å². The van der Waals surface area contributed by atoms with Crippen molar-refractivity contribution in [2.75, 3.05) is 10.6 Å². The highest BCUT2D eigenvalue weighted by molar-refractivity contribution is 5.93. The highest BCUT2D eigenvalue weighted by atomic mass is 16.1. The van der Waals surface area contributed by atoms with Crippen molar-refractivity contribution in [1.29, 1.82) is 0 Å². The summed E-state index contributed by atoms with van der Waals surface area (Å²) in [6, 6.07) is 9.66. The van der Waals surface area contributed by atoms with Gasteiger partial charge in [0.2, 0.25) is 5.91 Å². The molecule has 1 aliphatic rings. The standard InChI is InChI=1S/C19H23N7O/c20-13-3-7-15(8-4-13)24-17-11-16(19-22-9-10-26(19)25-17)23-14-5-1-12(2-6-14)18(21)27/h1-2,5-6,9-11,13,15,23H,3-4,7-8,20H2,(H2,21,27)(H,24,25)/t13-,15-. The Kier molecular flexibility index (Phi) is 4.64. The van der Waals surface area contributed by atoms with Crippen molar-refractivity contribution in [1.82, 2.24) is 14.6 Å². The Morgan fingerprint density at radius 3 is 2.59 bits per heavy atom. The molecule has 1 aromatic carbocycles. The number of carbonyl (C=O) groups is 1. The predicted molar refractivity (Wildman–Crippen MR) is 105 cm³/mol. The lowest BCUT2D eigenvalue weighted by Crippen LogP contribution is -2.33. The maximum Gasteiger partial charge on any atom is 0.248 e. The minimum Gasteiger partial charge on any atom is -0.366 e. The van der Waals surface area contributed by atoms with Crippen LogP contribution in [0.5, 0.6) is 0 Å². The fraction of sp³-hybridized carbons (Fsp3) is 0.316. The van der Waals surface area contributed by atoms with Gasteiger partial charge in [0.25, 0.3) is 0 Å². The lowest BCUT2D eigenvalue weighted by Gasteiger charge is -2.27. The first-order valence-electron chi connectivity index (χ1n) is 9.12. The van der Waals surface area contributed by atoms with Gasteiger partial charge in [-0.3, -0.25) is 4.79 Å². The summed E-state index contributed by atoms with van der Waals surface area (Å²) < 4.78 is 1.75. The number of rotatable bonds is 5. The van der Waals surface area contributed by atoms with E-state index in [9.17, 15) is 4.79 Å². The van der Waals surface area contributed by atoms with Gasteiger partial charge in [-0.2, -0.15) is 0 Å². The van der Waals surface area contributed by atoms with Gasteiger partial charge in [-0.05, 0) is 49.9 Å². The third-order valence-corrected chi connectivity index (χ3v) is 4.93. The van der Waals surface area contributed by atoms with Crippen molar-refractivity contribution in [2.45, 2.75) is 37.8 Å². The average Bonchev–Trinajstić information content (AvgIpc) is 3.13. The summed E-state index contributed by atoms with van der Waals surface area (Å²) >= 11 is 0. The van der Waals surface area contributed by atoms with E-state index in [1.165, 1.54) is 0 Å². The molecule has 8 heteroatoms. The molecule has 1 amide bonds. The molecule has 0 atom stereocenters. The summed E-state index contributed by atoms with van der Waals surface area (Å²) in [4.78, 5) is 15.6. The van der Waals surface area contributed by atoms with E-state index in [1.54, 1.807) is 22.8 Å². The third kappa shape index (κ3) is 3.85. The Morgan fingerprint density at radius 1 is 1.15 bits per heavy atom. The molecule has 0 spiro atoms. The van der Waals surface area contributed by atoms with Crippen LogP contribution in [0.4, 0.5) is 17.2 Å². The number of fused-ring (bicyclic) bond motifs is 1. The van der Waals surface area contributed by atoms with E-state index >= 15 is 0 Å². The number of nitrogens with zero attached hydrogens (tertiary/aromatic N) is 3. The number of hydrogen-bond donors (Lipinski definition) is 4. The zero-order valence-electron chi connectivity index (χ0n) is 14.9. The van der Waals surface area contributed by atoms with Crippen LogP contribution in [0.15, 0.2) is 42.7 Å². The molecule has 1 saturated carbocycles. The first kappa shape index (κ1) is 17.3. The van der Waals surface area contributed by atoms with E-state index in [2.05, 4.69) is 20.7 Å². The Bertz CT molecular complexity index is 942. The largest absolute Gasteiger partial charge is 0.366 e. The maximum absolute atomic E-state index is 11.2. The van der Waals surface area contributed by atoms with Crippen LogP contribution in [-0.2, 0) is 0 Å². The Labute approximate surface area is 157 Å². The molecule has 6 N–H and O–H groups in total. The van der Waals surface area contributed by atoms with Crippen molar-refractivity contribution >= 4 is 28.7 Å². The maximum atomic E-state index is 11.2. The van der Waals surface area contributed by atoms with Crippen LogP contribution in [-0.4, -0.2) is 32.6 Å². The van der Waals surface area contributed by atoms with Gasteiger partial charge in [-0.15, -0.1) is 5.10 Å². The smallest absolute Gasteiger partial charge is 0.248 e. The SMILES string of the molecule is NC(=O)c1ccc(Nc2cc(N[C@H]3CC[C@H](N)CC3)nn3ccnc23)cc1. The monoisotopic (exact) mass is 365 g/mol. The molecule has 4 rings (SSSR count). The van der Waals surface area contributed by atoms with Gasteiger partial charge < -0.3 is 22.1 Å². The number of benzene rings is 1. The molecule has 3 aromatic rings. The van der Waals surface area contributed by atoms with Crippen molar-refractivity contribution in [3.8, 4) is 0 Å². The van der Waals surface area contributed by atoms with Gasteiger partial charge in [-0.25, -0.2) is 9.50 Å². The molecule has 0 saturated heterocycles. The fourth-order valence-electron chi connectivity index (χ4n) is 3.43. The molecular weight excluding hydrogens is 342 g/mol. The van der Waals surface area contributed by atoms with Crippen LogP contribution in [0.3, 0.4) is 0 Å². The van der Waals surface area contributed by atoms with Gasteiger partial charge in [-0.1, -0.05) is 0 Å². The molecular formula is C19H23N7O. The van der Waals surface area contributed by atoms with Crippen LogP contribution < -0.4 is 22.1 Å². The molecule has 0 aliphatic heterocycles. The molecule has 1 fully saturated rings. The molecule has 140 valence electrons. The number of imidazole rings is 1. The van der Waals surface area contributed by atoms with E-state index in [0.29, 0.717) is 17.6 Å². The first-order valence-corrected chi connectivity index (χ1v) is 9.12. The molecule has 27 heavy (non-hydrogen) atoms. The van der Waals surface area contributed by atoms with Gasteiger partial charge in [0.05, 0.1) is 5.69 Å². The van der Waals surface area contributed by atoms with E-state index in [4.69, 9.17) is 11.5 Å². The number of carbonyl (C=O) groups excluding carboxylic acids is 1. The minimum absolute atomic E-state index is 0.313. The number of amides is 1. The van der Waals surface area contributed by atoms with E-state index in [1.807, 2.05) is 24.4 Å². The predicted octanol–water partition coefficient (Wildman–Crippen LogP) is 2.25. The van der Waals surface area contributed by atoms with Gasteiger partial charge >= 0.3 is 0 Å². The van der Waals surface area contributed by atoms with Crippen molar-refractivity contribution in [2.24, 2.45) is 11.5 Å². The van der Waals surface area contributed by atoms with Crippen LogP contribution >= 0.6 is 0 Å². The quantitative estimate of drug-likeness (QED) is 0.550.